The van der Waals surface area contributed by atoms with Gasteiger partial charge in [0.1, 0.15) is 0 Å². The number of hydrogen-bond acceptors (Lipinski definition) is 3. The zero-order valence-corrected chi connectivity index (χ0v) is 14.1. The van der Waals surface area contributed by atoms with Crippen LogP contribution in [0.1, 0.15) is 24.0 Å². The van der Waals surface area contributed by atoms with Crippen LogP contribution in [0.3, 0.4) is 0 Å². The lowest BCUT2D eigenvalue weighted by Crippen LogP contribution is -2.46. The van der Waals surface area contributed by atoms with Crippen molar-refractivity contribution in [2.45, 2.75) is 24.8 Å². The lowest BCUT2D eigenvalue weighted by atomic mass is 9.72. The first-order valence-electron chi connectivity index (χ1n) is 8.04. The zero-order valence-electron chi connectivity index (χ0n) is 13.3. The predicted octanol–water partition coefficient (Wildman–Crippen LogP) is 4.17. The highest BCUT2D eigenvalue weighted by Crippen LogP contribution is 2.37. The predicted molar refractivity (Wildman–Crippen MR) is 94.9 cm³/mol. The number of hydrogen-bond donors (Lipinski definition) is 0. The lowest BCUT2D eigenvalue weighted by Gasteiger charge is -2.39. The van der Waals surface area contributed by atoms with Crippen LogP contribution < -0.4 is 0 Å². The third-order valence-electron chi connectivity index (χ3n) is 4.85. The summed E-state index contributed by atoms with van der Waals surface area (Å²) < 4.78 is 0. The summed E-state index contributed by atoms with van der Waals surface area (Å²) in [7, 11) is 0. The summed E-state index contributed by atoms with van der Waals surface area (Å²) in [5, 5.41) is 3.36. The molecule has 0 atom stereocenters. The fraction of sp³-hybridized carbons (Fsp3) is 0.316. The van der Waals surface area contributed by atoms with Gasteiger partial charge in [0.15, 0.2) is 0 Å². The van der Waals surface area contributed by atoms with Crippen molar-refractivity contribution in [3.63, 3.8) is 0 Å². The number of amides is 1. The number of carbonyl (C=O) groups is 1. The van der Waals surface area contributed by atoms with Crippen LogP contribution >= 0.6 is 11.6 Å². The minimum absolute atomic E-state index is 0.579. The van der Waals surface area contributed by atoms with Crippen molar-refractivity contribution in [2.75, 3.05) is 13.1 Å². The van der Waals surface area contributed by atoms with E-state index in [9.17, 15) is 9.70 Å². The van der Waals surface area contributed by atoms with Gasteiger partial charge in [0.2, 0.25) is 0 Å². The van der Waals surface area contributed by atoms with Crippen LogP contribution in [0.15, 0.2) is 59.8 Å². The second-order valence-electron chi connectivity index (χ2n) is 6.25. The van der Waals surface area contributed by atoms with Crippen molar-refractivity contribution in [2.24, 2.45) is 5.18 Å². The highest BCUT2D eigenvalue weighted by atomic mass is 35.5. The number of nitrogens with zero attached hydrogens (tertiary/aromatic N) is 2. The largest absolute Gasteiger partial charge is 0.299 e. The van der Waals surface area contributed by atoms with E-state index < -0.39 is 11.3 Å². The molecule has 0 bridgehead atoms. The first-order valence-corrected chi connectivity index (χ1v) is 8.42. The lowest BCUT2D eigenvalue weighted by molar-refractivity contribution is -0.125. The first kappa shape index (κ1) is 16.8. The zero-order chi connectivity index (χ0) is 17.0. The number of rotatable bonds is 4. The Morgan fingerprint density at radius 1 is 1.04 bits per heavy atom. The van der Waals surface area contributed by atoms with E-state index >= 15 is 0 Å². The molecule has 0 aliphatic carbocycles. The number of benzene rings is 2. The molecule has 2 aromatic rings. The van der Waals surface area contributed by atoms with Gasteiger partial charge in [-0.25, -0.2) is 0 Å². The number of piperidine rings is 1. The van der Waals surface area contributed by atoms with E-state index in [4.69, 9.17) is 11.6 Å². The maximum Gasteiger partial charge on any atom is 0.296 e. The first-order chi connectivity index (χ1) is 11.6. The van der Waals surface area contributed by atoms with Crippen molar-refractivity contribution >= 4 is 17.5 Å². The Kier molecular flexibility index (Phi) is 5.07. The fourth-order valence-electron chi connectivity index (χ4n) is 3.42. The summed E-state index contributed by atoms with van der Waals surface area (Å²) in [6.45, 7) is 2.35. The third-order valence-corrected chi connectivity index (χ3v) is 5.10. The van der Waals surface area contributed by atoms with Gasteiger partial charge >= 0.3 is 0 Å². The van der Waals surface area contributed by atoms with Gasteiger partial charge in [-0.2, -0.15) is 0 Å². The molecule has 0 unspecified atom stereocenters. The van der Waals surface area contributed by atoms with Gasteiger partial charge in [0, 0.05) is 16.7 Å². The molecule has 0 saturated carbocycles. The summed E-state index contributed by atoms with van der Waals surface area (Å²) in [4.78, 5) is 25.6. The fourth-order valence-corrected chi connectivity index (χ4v) is 3.54. The van der Waals surface area contributed by atoms with Crippen LogP contribution in [-0.4, -0.2) is 23.9 Å². The summed E-state index contributed by atoms with van der Waals surface area (Å²) in [6, 6.07) is 17.4. The smallest absolute Gasteiger partial charge is 0.296 e. The molecule has 124 valence electrons. The monoisotopic (exact) mass is 342 g/mol. The Labute approximate surface area is 146 Å². The minimum Gasteiger partial charge on any atom is -0.299 e. The molecule has 1 amide bonds. The van der Waals surface area contributed by atoms with Gasteiger partial charge in [0.05, 0.1) is 5.41 Å². The number of nitroso groups, excluding NO2 is 1. The van der Waals surface area contributed by atoms with Crippen LogP contribution in [-0.2, 0) is 16.8 Å². The van der Waals surface area contributed by atoms with Crippen LogP contribution in [0.5, 0.6) is 0 Å². The van der Waals surface area contributed by atoms with Gasteiger partial charge in [0.25, 0.3) is 5.91 Å². The molecule has 2 aromatic carbocycles. The second-order valence-corrected chi connectivity index (χ2v) is 6.68. The number of carbonyl (C=O) groups excluding carboxylic acids is 1. The van der Waals surface area contributed by atoms with Crippen molar-refractivity contribution in [1.29, 1.82) is 0 Å². The molecule has 24 heavy (non-hydrogen) atoms. The third kappa shape index (κ3) is 3.40. The Hall–Kier alpha value is -2.04. The highest BCUT2D eigenvalue weighted by molar-refractivity contribution is 6.30. The summed E-state index contributed by atoms with van der Waals surface area (Å²) in [5.74, 6) is -0.579. The molecule has 3 rings (SSSR count). The quantitative estimate of drug-likeness (QED) is 0.784. The molecule has 0 spiro atoms. The van der Waals surface area contributed by atoms with Crippen LogP contribution in [0.25, 0.3) is 0 Å². The molecule has 0 N–H and O–H groups in total. The van der Waals surface area contributed by atoms with Crippen molar-refractivity contribution < 1.29 is 4.79 Å². The van der Waals surface area contributed by atoms with Gasteiger partial charge in [-0.3, -0.25) is 9.69 Å². The second kappa shape index (κ2) is 7.24. The van der Waals surface area contributed by atoms with Crippen LogP contribution in [0.4, 0.5) is 0 Å². The molecular formula is C19H19ClN2O2. The molecule has 4 nitrogen and oxygen atoms in total. The van der Waals surface area contributed by atoms with E-state index in [1.165, 1.54) is 5.56 Å². The molecule has 5 heteroatoms. The highest BCUT2D eigenvalue weighted by Gasteiger charge is 2.43. The molecule has 0 aromatic heterocycles. The van der Waals surface area contributed by atoms with E-state index in [0.717, 1.165) is 25.2 Å². The van der Waals surface area contributed by atoms with Crippen LogP contribution in [0.2, 0.25) is 5.02 Å². The van der Waals surface area contributed by atoms with Gasteiger partial charge in [-0.15, -0.1) is 4.91 Å². The van der Waals surface area contributed by atoms with E-state index in [2.05, 4.69) is 22.2 Å². The Bertz CT molecular complexity index is 708. The van der Waals surface area contributed by atoms with Crippen molar-refractivity contribution in [1.82, 2.24) is 4.90 Å². The van der Waals surface area contributed by atoms with E-state index in [1.54, 1.807) is 12.1 Å². The standard InChI is InChI=1S/C19H19ClN2O2/c20-17-8-6-16(7-9-17)19(18(23)21-24)10-12-22(13-11-19)14-15-4-2-1-3-5-15/h1-9H,10-14H2. The SMILES string of the molecule is O=NC(=O)C1(c2ccc(Cl)cc2)CCN(Cc2ccccc2)CC1. The maximum absolute atomic E-state index is 12.3. The van der Waals surface area contributed by atoms with E-state index in [1.807, 2.05) is 30.3 Å². The summed E-state index contributed by atoms with van der Waals surface area (Å²) >= 11 is 5.94. The Balaban J connectivity index is 1.77. The van der Waals surface area contributed by atoms with Gasteiger partial charge < -0.3 is 0 Å². The molecule has 1 fully saturated rings. The topological polar surface area (TPSA) is 49.7 Å². The molecule has 1 aliphatic heterocycles. The average Bonchev–Trinajstić information content (AvgIpc) is 2.63. The normalized spacial score (nSPS) is 17.4. The van der Waals surface area contributed by atoms with Gasteiger partial charge in [-0.1, -0.05) is 54.1 Å². The Morgan fingerprint density at radius 2 is 1.67 bits per heavy atom. The molecule has 1 aliphatic rings. The molecule has 0 radical (unpaired) electrons. The average molecular weight is 343 g/mol. The molecular weight excluding hydrogens is 324 g/mol. The maximum atomic E-state index is 12.3. The number of halogens is 1. The number of likely N-dealkylation sites (tertiary alicyclic amines) is 1. The molecule has 1 saturated heterocycles. The van der Waals surface area contributed by atoms with Gasteiger partial charge in [-0.05, 0) is 49.2 Å². The minimum atomic E-state index is -0.820. The van der Waals surface area contributed by atoms with Crippen molar-refractivity contribution in [3.8, 4) is 0 Å². The van der Waals surface area contributed by atoms with E-state index in [-0.39, 0.29) is 0 Å². The Morgan fingerprint density at radius 3 is 2.25 bits per heavy atom. The summed E-state index contributed by atoms with van der Waals surface area (Å²) in [6.07, 6.45) is 1.18. The molecule has 1 heterocycles. The van der Waals surface area contributed by atoms with Crippen LogP contribution in [0, 0.1) is 4.91 Å². The van der Waals surface area contributed by atoms with E-state index in [0.29, 0.717) is 17.9 Å². The van der Waals surface area contributed by atoms with Crippen molar-refractivity contribution in [3.05, 3.63) is 75.7 Å². The summed E-state index contributed by atoms with van der Waals surface area (Å²) in [5.41, 5.74) is 1.26.